The van der Waals surface area contributed by atoms with Crippen molar-refractivity contribution in [1.29, 1.82) is 5.26 Å². The zero-order valence-electron chi connectivity index (χ0n) is 14.9. The van der Waals surface area contributed by atoms with Gasteiger partial charge in [0, 0.05) is 23.7 Å². The number of benzene rings is 2. The molecule has 1 aromatic heterocycles. The summed E-state index contributed by atoms with van der Waals surface area (Å²) in [5.74, 6) is -0.184. The lowest BCUT2D eigenvalue weighted by Gasteiger charge is -2.08. The first kappa shape index (κ1) is 20.7. The maximum atomic E-state index is 12.4. The Hall–Kier alpha value is -3.03. The van der Waals surface area contributed by atoms with Gasteiger partial charge < -0.3 is 19.6 Å². The van der Waals surface area contributed by atoms with Gasteiger partial charge in [-0.3, -0.25) is 0 Å². The lowest BCUT2D eigenvalue weighted by molar-refractivity contribution is -0.274. The number of H-pyrrole nitrogens is 1. The molecule has 1 heterocycles. The maximum absolute atomic E-state index is 12.4. The number of fused-ring (bicyclic) bond motifs is 1. The number of hydrogen-bond acceptors (Lipinski definition) is 4. The van der Waals surface area contributed by atoms with Crippen molar-refractivity contribution in [3.8, 4) is 23.1 Å². The van der Waals surface area contributed by atoms with E-state index in [4.69, 9.17) is 4.55 Å². The number of alkyl halides is 3. The van der Waals surface area contributed by atoms with Crippen LogP contribution in [0.5, 0.6) is 5.75 Å². The molecule has 0 fully saturated rings. The molecule has 0 saturated heterocycles. The van der Waals surface area contributed by atoms with E-state index in [9.17, 15) is 22.6 Å². The number of ether oxygens (including phenoxy) is 1. The normalized spacial score (nSPS) is 12.5. The molecule has 0 bridgehead atoms. The number of aromatic amines is 1. The summed E-state index contributed by atoms with van der Waals surface area (Å²) in [6.45, 7) is 0.531. The van der Waals surface area contributed by atoms with Crippen LogP contribution in [-0.4, -0.2) is 32.4 Å². The number of rotatable bonds is 7. The highest BCUT2D eigenvalue weighted by Gasteiger charge is 2.31. The molecule has 29 heavy (non-hydrogen) atoms. The number of hydrogen-bond donors (Lipinski definition) is 3. The minimum absolute atomic E-state index is 0.186. The SMILES string of the molecule is N#Cc1c(-c2ccc(NCCCS(=O)O)cc2)[nH]c2cc(OC(F)(F)F)ccc12. The summed E-state index contributed by atoms with van der Waals surface area (Å²) in [5.41, 5.74) is 2.67. The second-order valence-electron chi connectivity index (χ2n) is 6.13. The van der Waals surface area contributed by atoms with E-state index in [1.165, 1.54) is 18.2 Å². The summed E-state index contributed by atoms with van der Waals surface area (Å²) < 4.78 is 60.6. The molecular formula is C19H16F3N3O3S. The largest absolute Gasteiger partial charge is 0.573 e. The highest BCUT2D eigenvalue weighted by Crippen LogP contribution is 2.33. The second kappa shape index (κ2) is 8.55. The minimum Gasteiger partial charge on any atom is -0.406 e. The molecule has 0 radical (unpaired) electrons. The van der Waals surface area contributed by atoms with Crippen LogP contribution in [0.2, 0.25) is 0 Å². The van der Waals surface area contributed by atoms with Crippen molar-refractivity contribution < 1.29 is 26.7 Å². The van der Waals surface area contributed by atoms with Crippen molar-refractivity contribution in [2.75, 3.05) is 17.6 Å². The van der Waals surface area contributed by atoms with Gasteiger partial charge in [0.05, 0.1) is 22.5 Å². The summed E-state index contributed by atoms with van der Waals surface area (Å²) in [4.78, 5) is 2.99. The Labute approximate surface area is 166 Å². The van der Waals surface area contributed by atoms with Crippen LogP contribution in [0.1, 0.15) is 12.0 Å². The molecule has 0 saturated carbocycles. The highest BCUT2D eigenvalue weighted by atomic mass is 32.2. The lowest BCUT2D eigenvalue weighted by Crippen LogP contribution is -2.16. The van der Waals surface area contributed by atoms with E-state index in [2.05, 4.69) is 21.1 Å². The van der Waals surface area contributed by atoms with Gasteiger partial charge in [0.2, 0.25) is 0 Å². The van der Waals surface area contributed by atoms with Crippen molar-refractivity contribution in [1.82, 2.24) is 4.98 Å². The predicted octanol–water partition coefficient (Wildman–Crippen LogP) is 4.63. The average Bonchev–Trinajstić information content (AvgIpc) is 3.02. The predicted molar refractivity (Wildman–Crippen MR) is 104 cm³/mol. The van der Waals surface area contributed by atoms with Crippen molar-refractivity contribution in [3.05, 3.63) is 48.0 Å². The van der Waals surface area contributed by atoms with E-state index in [0.29, 0.717) is 40.7 Å². The molecule has 0 aliphatic carbocycles. The minimum atomic E-state index is -4.80. The zero-order chi connectivity index (χ0) is 21.0. The quantitative estimate of drug-likeness (QED) is 0.380. The summed E-state index contributed by atoms with van der Waals surface area (Å²) in [6, 6.07) is 13.0. The summed E-state index contributed by atoms with van der Waals surface area (Å²) in [5, 5.41) is 13.1. The molecule has 1 unspecified atom stereocenters. The zero-order valence-corrected chi connectivity index (χ0v) is 15.7. The molecule has 152 valence electrons. The standard InChI is InChI=1S/C19H16F3N3O3S/c20-19(21,22)28-14-6-7-15-16(11-23)18(25-17(15)10-14)12-2-4-13(5-3-12)24-8-1-9-29(26)27/h2-7,10,24-25H,1,8-9H2,(H,26,27). The molecule has 3 rings (SSSR count). The molecule has 1 atom stereocenters. The van der Waals surface area contributed by atoms with Gasteiger partial charge >= 0.3 is 6.36 Å². The fraction of sp³-hybridized carbons (Fsp3) is 0.211. The molecule has 10 heteroatoms. The van der Waals surface area contributed by atoms with Gasteiger partial charge in [0.15, 0.2) is 11.1 Å². The fourth-order valence-electron chi connectivity index (χ4n) is 2.89. The maximum Gasteiger partial charge on any atom is 0.573 e. The number of nitriles is 1. The van der Waals surface area contributed by atoms with Crippen molar-refractivity contribution in [3.63, 3.8) is 0 Å². The summed E-state index contributed by atoms with van der Waals surface area (Å²) >= 11 is -1.82. The second-order valence-corrected chi connectivity index (χ2v) is 7.18. The molecule has 0 spiro atoms. The molecular weight excluding hydrogens is 407 g/mol. The smallest absolute Gasteiger partial charge is 0.406 e. The van der Waals surface area contributed by atoms with Gasteiger partial charge in [-0.15, -0.1) is 13.2 Å². The Kier molecular flexibility index (Phi) is 6.10. The van der Waals surface area contributed by atoms with E-state index in [1.54, 1.807) is 24.3 Å². The van der Waals surface area contributed by atoms with Gasteiger partial charge in [-0.25, -0.2) is 4.21 Å². The lowest BCUT2D eigenvalue weighted by atomic mass is 10.1. The van der Waals surface area contributed by atoms with Gasteiger partial charge in [-0.2, -0.15) is 5.26 Å². The summed E-state index contributed by atoms with van der Waals surface area (Å²) in [6.07, 6.45) is -4.26. The molecule has 0 aliphatic rings. The van der Waals surface area contributed by atoms with Gasteiger partial charge in [0.1, 0.15) is 11.8 Å². The number of anilines is 1. The number of nitrogens with one attached hydrogen (secondary N) is 2. The molecule has 6 nitrogen and oxygen atoms in total. The third kappa shape index (κ3) is 5.28. The number of aromatic nitrogens is 1. The number of nitrogens with zero attached hydrogens (tertiary/aromatic N) is 1. The third-order valence-corrected chi connectivity index (χ3v) is 4.75. The number of halogens is 3. The molecule has 0 aliphatic heterocycles. The van der Waals surface area contributed by atoms with Crippen LogP contribution in [0.15, 0.2) is 42.5 Å². The van der Waals surface area contributed by atoms with Gasteiger partial charge in [-0.1, -0.05) is 12.1 Å². The van der Waals surface area contributed by atoms with Crippen molar-refractivity contribution in [2.45, 2.75) is 12.8 Å². The third-order valence-electron chi connectivity index (χ3n) is 4.11. The Morgan fingerprint density at radius 1 is 1.21 bits per heavy atom. The fourth-order valence-corrected chi connectivity index (χ4v) is 3.28. The highest BCUT2D eigenvalue weighted by molar-refractivity contribution is 7.79. The molecule has 3 N–H and O–H groups in total. The van der Waals surface area contributed by atoms with E-state index in [1.807, 2.05) is 0 Å². The monoisotopic (exact) mass is 423 g/mol. The van der Waals surface area contributed by atoms with Crippen LogP contribution in [-0.2, 0) is 11.1 Å². The van der Waals surface area contributed by atoms with Crippen LogP contribution in [0, 0.1) is 11.3 Å². The Morgan fingerprint density at radius 3 is 2.55 bits per heavy atom. The molecule has 3 aromatic rings. The Bertz CT molecular complexity index is 1070. The van der Waals surface area contributed by atoms with E-state index in [-0.39, 0.29) is 11.5 Å². The first-order chi connectivity index (χ1) is 13.8. The van der Waals surface area contributed by atoms with Crippen LogP contribution >= 0.6 is 0 Å². The molecule has 2 aromatic carbocycles. The van der Waals surface area contributed by atoms with Crippen molar-refractivity contribution in [2.24, 2.45) is 0 Å². The van der Waals surface area contributed by atoms with E-state index in [0.717, 1.165) is 5.69 Å². The van der Waals surface area contributed by atoms with Crippen molar-refractivity contribution >= 4 is 27.7 Å². The molecule has 0 amide bonds. The van der Waals surface area contributed by atoms with Crippen LogP contribution < -0.4 is 10.1 Å². The average molecular weight is 423 g/mol. The first-order valence-electron chi connectivity index (χ1n) is 8.50. The van der Waals surface area contributed by atoms with E-state index < -0.39 is 17.4 Å². The summed E-state index contributed by atoms with van der Waals surface area (Å²) in [7, 11) is 0. The Morgan fingerprint density at radius 2 is 1.93 bits per heavy atom. The van der Waals surface area contributed by atoms with Gasteiger partial charge in [0.25, 0.3) is 0 Å². The Balaban J connectivity index is 1.83. The van der Waals surface area contributed by atoms with E-state index >= 15 is 0 Å². The topological polar surface area (TPSA) is 98.1 Å². The first-order valence-corrected chi connectivity index (χ1v) is 9.78. The van der Waals surface area contributed by atoms with Crippen LogP contribution in [0.3, 0.4) is 0 Å². The van der Waals surface area contributed by atoms with Crippen LogP contribution in [0.25, 0.3) is 22.2 Å². The van der Waals surface area contributed by atoms with Crippen LogP contribution in [0.4, 0.5) is 18.9 Å². The van der Waals surface area contributed by atoms with Gasteiger partial charge in [-0.05, 0) is 36.2 Å².